The summed E-state index contributed by atoms with van der Waals surface area (Å²) in [5.41, 5.74) is 5.36. The maximum absolute atomic E-state index is 12.5. The van der Waals surface area contributed by atoms with E-state index in [0.29, 0.717) is 13.0 Å². The van der Waals surface area contributed by atoms with E-state index in [1.54, 1.807) is 0 Å². The molecule has 9 heteroatoms. The highest BCUT2D eigenvalue weighted by molar-refractivity contribution is 7.47. The van der Waals surface area contributed by atoms with Crippen LogP contribution in [-0.2, 0) is 27.9 Å². The number of ether oxygens (including phenoxy) is 2. The minimum Gasteiger partial charge on any atom is -0.457 e. The first-order chi connectivity index (χ1) is 25.4. The van der Waals surface area contributed by atoms with Gasteiger partial charge in [-0.1, -0.05) is 192 Å². The molecule has 0 bridgehead atoms. The van der Waals surface area contributed by atoms with Crippen LogP contribution in [0.3, 0.4) is 0 Å². The van der Waals surface area contributed by atoms with Gasteiger partial charge in [-0.25, -0.2) is 4.57 Å². The van der Waals surface area contributed by atoms with Crippen molar-refractivity contribution in [1.82, 2.24) is 0 Å². The highest BCUT2D eigenvalue weighted by Crippen LogP contribution is 2.43. The first-order valence-electron chi connectivity index (χ1n) is 21.8. The van der Waals surface area contributed by atoms with Crippen molar-refractivity contribution in [1.29, 1.82) is 0 Å². The Morgan fingerprint density at radius 3 is 1.50 bits per heavy atom. The van der Waals surface area contributed by atoms with Crippen molar-refractivity contribution < 1.29 is 32.8 Å². The SMILES string of the molecule is CCCCCCCCCC/C=C\C/C=C\CCC(=O)OC(COCCCCCCCCCCCCCCCCCCCC)COP(=O)(O)OCCN. The molecule has 0 fully saturated rings. The zero-order valence-electron chi connectivity index (χ0n) is 34.1. The van der Waals surface area contributed by atoms with Gasteiger partial charge >= 0.3 is 13.8 Å². The van der Waals surface area contributed by atoms with Gasteiger partial charge < -0.3 is 20.1 Å². The molecule has 0 heterocycles. The molecule has 2 unspecified atom stereocenters. The molecule has 0 amide bonds. The van der Waals surface area contributed by atoms with Crippen LogP contribution < -0.4 is 5.73 Å². The second kappa shape index (κ2) is 41.1. The molecule has 0 aromatic heterocycles. The fourth-order valence-electron chi connectivity index (χ4n) is 6.17. The minimum atomic E-state index is -4.28. The van der Waals surface area contributed by atoms with Gasteiger partial charge in [0.1, 0.15) is 6.10 Å². The fraction of sp³-hybridized carbons (Fsp3) is 0.884. The Labute approximate surface area is 321 Å². The maximum Gasteiger partial charge on any atom is 0.472 e. The lowest BCUT2D eigenvalue weighted by Gasteiger charge is -2.20. The first-order valence-corrected chi connectivity index (χ1v) is 23.3. The van der Waals surface area contributed by atoms with Crippen molar-refractivity contribution in [3.8, 4) is 0 Å². The molecule has 0 spiro atoms. The molecule has 3 N–H and O–H groups in total. The van der Waals surface area contributed by atoms with E-state index >= 15 is 0 Å². The van der Waals surface area contributed by atoms with E-state index in [0.717, 1.165) is 25.7 Å². The summed E-state index contributed by atoms with van der Waals surface area (Å²) in [5.74, 6) is -0.393. The first kappa shape index (κ1) is 51.0. The van der Waals surface area contributed by atoms with Crippen LogP contribution in [0.2, 0.25) is 0 Å². The van der Waals surface area contributed by atoms with Crippen LogP contribution in [0.15, 0.2) is 24.3 Å². The smallest absolute Gasteiger partial charge is 0.457 e. The van der Waals surface area contributed by atoms with Gasteiger partial charge in [-0.2, -0.15) is 0 Å². The lowest BCUT2D eigenvalue weighted by atomic mass is 10.0. The molecule has 0 aliphatic carbocycles. The summed E-state index contributed by atoms with van der Waals surface area (Å²) >= 11 is 0. The third-order valence-electron chi connectivity index (χ3n) is 9.38. The Kier molecular flexibility index (Phi) is 40.3. The third kappa shape index (κ3) is 40.2. The summed E-state index contributed by atoms with van der Waals surface area (Å²) in [7, 11) is -4.28. The van der Waals surface area contributed by atoms with Crippen molar-refractivity contribution >= 4 is 13.8 Å². The highest BCUT2D eigenvalue weighted by Gasteiger charge is 2.25. The molecule has 52 heavy (non-hydrogen) atoms. The fourth-order valence-corrected chi connectivity index (χ4v) is 6.93. The van der Waals surface area contributed by atoms with Crippen LogP contribution in [-0.4, -0.2) is 49.9 Å². The summed E-state index contributed by atoms with van der Waals surface area (Å²) in [6, 6.07) is 0. The predicted octanol–water partition coefficient (Wildman–Crippen LogP) is 12.9. The Balaban J connectivity index is 4.05. The van der Waals surface area contributed by atoms with E-state index in [1.165, 1.54) is 154 Å². The van der Waals surface area contributed by atoms with Crippen molar-refractivity contribution in [3.63, 3.8) is 0 Å². The number of phosphoric acid groups is 1. The molecule has 2 atom stereocenters. The van der Waals surface area contributed by atoms with Crippen LogP contribution in [0.5, 0.6) is 0 Å². The zero-order valence-corrected chi connectivity index (χ0v) is 35.0. The quantitative estimate of drug-likeness (QED) is 0.0273. The van der Waals surface area contributed by atoms with Crippen molar-refractivity contribution in [2.45, 2.75) is 213 Å². The van der Waals surface area contributed by atoms with Crippen molar-refractivity contribution in [2.24, 2.45) is 5.73 Å². The molecule has 0 aromatic carbocycles. The normalized spacial score (nSPS) is 13.7. The molecule has 0 rings (SSSR count). The topological polar surface area (TPSA) is 117 Å². The molecule has 0 aliphatic heterocycles. The number of carbonyl (C=O) groups excluding carboxylic acids is 1. The van der Waals surface area contributed by atoms with Gasteiger partial charge in [-0.05, 0) is 32.1 Å². The van der Waals surface area contributed by atoms with Crippen LogP contribution in [0.25, 0.3) is 0 Å². The Morgan fingerprint density at radius 2 is 1.02 bits per heavy atom. The standard InChI is InChI=1S/C43H84NO7P/c1-3-5-7-9-11-13-15-17-19-20-21-23-25-27-29-31-33-35-38-48-40-42(41-50-52(46,47)49-39-37-44)51-43(45)36-34-32-30-28-26-24-22-18-16-14-12-10-8-6-4-2/h24,26,30,32,42H,3-23,25,27-29,31,33-41,44H2,1-2H3,(H,46,47)/b26-24-,32-30-. The molecule has 0 aromatic rings. The van der Waals surface area contributed by atoms with Crippen molar-refractivity contribution in [3.05, 3.63) is 24.3 Å². The van der Waals surface area contributed by atoms with Crippen LogP contribution in [0, 0.1) is 0 Å². The molecule has 0 saturated carbocycles. The van der Waals surface area contributed by atoms with Gasteiger partial charge in [0.25, 0.3) is 0 Å². The molecule has 0 saturated heterocycles. The van der Waals surface area contributed by atoms with E-state index in [4.69, 9.17) is 24.3 Å². The van der Waals surface area contributed by atoms with Gasteiger partial charge in [0, 0.05) is 19.6 Å². The minimum absolute atomic E-state index is 0.0946. The predicted molar refractivity (Wildman–Crippen MR) is 220 cm³/mol. The summed E-state index contributed by atoms with van der Waals surface area (Å²) in [6.45, 7) is 4.88. The van der Waals surface area contributed by atoms with Crippen LogP contribution >= 0.6 is 7.82 Å². The lowest BCUT2D eigenvalue weighted by molar-refractivity contribution is -0.154. The van der Waals surface area contributed by atoms with E-state index < -0.39 is 19.9 Å². The Hall–Kier alpha value is -1.02. The zero-order chi connectivity index (χ0) is 38.1. The molecule has 0 radical (unpaired) electrons. The van der Waals surface area contributed by atoms with Gasteiger partial charge in [0.05, 0.1) is 19.8 Å². The molecular weight excluding hydrogens is 673 g/mol. The van der Waals surface area contributed by atoms with Crippen molar-refractivity contribution in [2.75, 3.05) is 33.0 Å². The van der Waals surface area contributed by atoms with Crippen LogP contribution in [0.4, 0.5) is 0 Å². The average molecular weight is 758 g/mol. The van der Waals surface area contributed by atoms with E-state index in [1.807, 2.05) is 6.08 Å². The average Bonchev–Trinajstić information content (AvgIpc) is 3.13. The number of esters is 1. The number of carbonyl (C=O) groups is 1. The van der Waals surface area contributed by atoms with Gasteiger partial charge in [0.15, 0.2) is 0 Å². The summed E-state index contributed by atoms with van der Waals surface area (Å²) in [6.07, 6.45) is 45.0. The lowest BCUT2D eigenvalue weighted by Crippen LogP contribution is -2.28. The highest BCUT2D eigenvalue weighted by atomic mass is 31.2. The van der Waals surface area contributed by atoms with Gasteiger partial charge in [0.2, 0.25) is 0 Å². The number of hydrogen-bond acceptors (Lipinski definition) is 7. The molecular formula is C43H84NO7P. The molecule has 308 valence electrons. The number of allylic oxidation sites excluding steroid dienone is 4. The number of rotatable bonds is 42. The second-order valence-corrected chi connectivity index (χ2v) is 16.0. The Bertz CT molecular complexity index is 853. The summed E-state index contributed by atoms with van der Waals surface area (Å²) in [5, 5.41) is 0. The number of hydrogen-bond donors (Lipinski definition) is 2. The number of nitrogens with two attached hydrogens (primary N) is 1. The van der Waals surface area contributed by atoms with E-state index in [9.17, 15) is 14.3 Å². The Morgan fingerprint density at radius 1 is 0.577 bits per heavy atom. The van der Waals surface area contributed by atoms with Crippen LogP contribution in [0.1, 0.15) is 206 Å². The van der Waals surface area contributed by atoms with E-state index in [-0.39, 0.29) is 32.8 Å². The largest absolute Gasteiger partial charge is 0.472 e. The molecule has 0 aliphatic rings. The second-order valence-electron chi connectivity index (χ2n) is 14.6. The van der Waals surface area contributed by atoms with E-state index in [2.05, 4.69) is 32.1 Å². The number of unbranched alkanes of at least 4 members (excludes halogenated alkanes) is 25. The number of phosphoric ester groups is 1. The van der Waals surface area contributed by atoms with Gasteiger partial charge in [-0.3, -0.25) is 13.8 Å². The van der Waals surface area contributed by atoms with Gasteiger partial charge in [-0.15, -0.1) is 0 Å². The monoisotopic (exact) mass is 758 g/mol. The summed E-state index contributed by atoms with van der Waals surface area (Å²) in [4.78, 5) is 22.4. The third-order valence-corrected chi connectivity index (χ3v) is 10.4. The summed E-state index contributed by atoms with van der Waals surface area (Å²) < 4.78 is 33.3. The molecule has 8 nitrogen and oxygen atoms in total. The maximum atomic E-state index is 12.5.